The van der Waals surface area contributed by atoms with Gasteiger partial charge >= 0.3 is 6.18 Å². The van der Waals surface area contributed by atoms with Crippen LogP contribution in [0, 0.1) is 0 Å². The molecular formula is C14H18ClF5N2O. The Hall–Kier alpha value is -0.960. The Morgan fingerprint density at radius 1 is 1.09 bits per heavy atom. The predicted octanol–water partition coefficient (Wildman–Crippen LogP) is 2.70. The van der Waals surface area contributed by atoms with Crippen molar-refractivity contribution in [3.8, 4) is 0 Å². The smallest absolute Gasteiger partial charge is 0.390 e. The number of hydrogen-bond donors (Lipinski definition) is 2. The van der Waals surface area contributed by atoms with E-state index in [1.54, 1.807) is 0 Å². The number of benzene rings is 1. The standard InChI is InChI=1S/C14H17F5N2O.ClH/c15-13(16,9-22)12(21-7-5-20-6-8-21)10-3-1-2-4-11(10)14(17,18)19;/h1-4,12,20,22H,5-9H2;1H/t12-;/m1./s1. The molecule has 1 aliphatic rings. The Morgan fingerprint density at radius 2 is 1.65 bits per heavy atom. The van der Waals surface area contributed by atoms with Crippen LogP contribution in [0.1, 0.15) is 17.2 Å². The van der Waals surface area contributed by atoms with Gasteiger partial charge in [0.2, 0.25) is 0 Å². The van der Waals surface area contributed by atoms with E-state index in [-0.39, 0.29) is 25.5 Å². The molecule has 0 unspecified atom stereocenters. The average molecular weight is 361 g/mol. The molecule has 1 atom stereocenters. The van der Waals surface area contributed by atoms with E-state index >= 15 is 0 Å². The van der Waals surface area contributed by atoms with Crippen LogP contribution in [-0.2, 0) is 6.18 Å². The van der Waals surface area contributed by atoms with Crippen LogP contribution in [0.4, 0.5) is 22.0 Å². The van der Waals surface area contributed by atoms with Crippen LogP contribution >= 0.6 is 12.4 Å². The van der Waals surface area contributed by atoms with Gasteiger partial charge in [-0.2, -0.15) is 13.2 Å². The van der Waals surface area contributed by atoms with Crippen LogP contribution in [0.2, 0.25) is 0 Å². The van der Waals surface area contributed by atoms with Crippen LogP contribution in [0.25, 0.3) is 0 Å². The number of halogens is 6. The summed E-state index contributed by atoms with van der Waals surface area (Å²) in [5.41, 5.74) is -1.59. The van der Waals surface area contributed by atoms with Gasteiger partial charge in [0, 0.05) is 26.2 Å². The molecule has 0 radical (unpaired) electrons. The fraction of sp³-hybridized carbons (Fsp3) is 0.571. The zero-order valence-corrected chi connectivity index (χ0v) is 12.9. The summed E-state index contributed by atoms with van der Waals surface area (Å²) in [7, 11) is 0. The zero-order chi connectivity index (χ0) is 16.4. The second kappa shape index (κ2) is 7.74. The molecule has 2 rings (SSSR count). The first-order valence-electron chi connectivity index (χ1n) is 6.87. The molecule has 0 spiro atoms. The van der Waals surface area contributed by atoms with Crippen molar-refractivity contribution in [2.24, 2.45) is 0 Å². The number of hydrogen-bond acceptors (Lipinski definition) is 3. The van der Waals surface area contributed by atoms with E-state index < -0.39 is 35.9 Å². The summed E-state index contributed by atoms with van der Waals surface area (Å²) >= 11 is 0. The van der Waals surface area contributed by atoms with Gasteiger partial charge in [-0.1, -0.05) is 18.2 Å². The van der Waals surface area contributed by atoms with E-state index in [4.69, 9.17) is 5.11 Å². The molecule has 0 aromatic heterocycles. The van der Waals surface area contributed by atoms with Crippen molar-refractivity contribution in [3.63, 3.8) is 0 Å². The number of aliphatic hydroxyl groups excluding tert-OH is 1. The SMILES string of the molecule is Cl.OCC(F)(F)[C@@H](c1ccccc1C(F)(F)F)N1CCNCC1. The third-order valence-electron chi connectivity index (χ3n) is 3.69. The zero-order valence-electron chi connectivity index (χ0n) is 12.1. The first kappa shape index (κ1) is 20.1. The Morgan fingerprint density at radius 3 is 2.17 bits per heavy atom. The van der Waals surface area contributed by atoms with Gasteiger partial charge in [-0.15, -0.1) is 12.4 Å². The van der Waals surface area contributed by atoms with E-state index in [9.17, 15) is 22.0 Å². The quantitative estimate of drug-likeness (QED) is 0.810. The van der Waals surface area contributed by atoms with Crippen molar-refractivity contribution in [1.29, 1.82) is 0 Å². The van der Waals surface area contributed by atoms with Gasteiger partial charge in [-0.3, -0.25) is 4.90 Å². The Labute approximate surface area is 136 Å². The molecule has 23 heavy (non-hydrogen) atoms. The van der Waals surface area contributed by atoms with Crippen LogP contribution in [0.3, 0.4) is 0 Å². The van der Waals surface area contributed by atoms with Crippen molar-refractivity contribution in [2.75, 3.05) is 32.8 Å². The number of aliphatic hydroxyl groups is 1. The Bertz CT molecular complexity index is 506. The fourth-order valence-corrected chi connectivity index (χ4v) is 2.71. The molecule has 1 heterocycles. The molecule has 0 amide bonds. The minimum atomic E-state index is -4.73. The van der Waals surface area contributed by atoms with E-state index in [0.29, 0.717) is 13.1 Å². The lowest BCUT2D eigenvalue weighted by Crippen LogP contribution is -2.51. The average Bonchev–Trinajstić information content (AvgIpc) is 2.48. The summed E-state index contributed by atoms with van der Waals surface area (Å²) < 4.78 is 67.7. The third-order valence-corrected chi connectivity index (χ3v) is 3.69. The molecule has 1 aromatic rings. The maximum Gasteiger partial charge on any atom is 0.416 e. The highest BCUT2D eigenvalue weighted by atomic mass is 35.5. The second-order valence-corrected chi connectivity index (χ2v) is 5.19. The van der Waals surface area contributed by atoms with Crippen LogP contribution in [-0.4, -0.2) is 48.7 Å². The largest absolute Gasteiger partial charge is 0.416 e. The molecule has 132 valence electrons. The second-order valence-electron chi connectivity index (χ2n) is 5.19. The lowest BCUT2D eigenvalue weighted by molar-refractivity contribution is -0.145. The molecular weight excluding hydrogens is 343 g/mol. The summed E-state index contributed by atoms with van der Waals surface area (Å²) in [5.74, 6) is -3.67. The van der Waals surface area contributed by atoms with Gasteiger partial charge < -0.3 is 10.4 Å². The normalized spacial score (nSPS) is 18.3. The van der Waals surface area contributed by atoms with E-state index in [1.165, 1.54) is 11.0 Å². The highest BCUT2D eigenvalue weighted by Crippen LogP contribution is 2.42. The molecule has 1 saturated heterocycles. The molecule has 0 saturated carbocycles. The van der Waals surface area contributed by atoms with E-state index in [2.05, 4.69) is 5.32 Å². The third kappa shape index (κ3) is 4.53. The first-order chi connectivity index (χ1) is 10.3. The van der Waals surface area contributed by atoms with Crippen molar-refractivity contribution < 1.29 is 27.1 Å². The lowest BCUT2D eigenvalue weighted by atomic mass is 9.93. The number of nitrogens with one attached hydrogen (secondary N) is 1. The molecule has 0 bridgehead atoms. The van der Waals surface area contributed by atoms with Gasteiger partial charge in [-0.25, -0.2) is 8.78 Å². The van der Waals surface area contributed by atoms with Gasteiger partial charge in [0.25, 0.3) is 5.92 Å². The minimum Gasteiger partial charge on any atom is -0.390 e. The summed E-state index contributed by atoms with van der Waals surface area (Å²) in [6.45, 7) is -0.314. The number of nitrogens with zero attached hydrogens (tertiary/aromatic N) is 1. The van der Waals surface area contributed by atoms with Crippen LogP contribution in [0.15, 0.2) is 24.3 Å². The molecule has 1 aromatic carbocycles. The number of piperazine rings is 1. The molecule has 9 heteroatoms. The minimum absolute atomic E-state index is 0. The Kier molecular flexibility index (Phi) is 6.76. The summed E-state index contributed by atoms with van der Waals surface area (Å²) in [5, 5.41) is 11.9. The van der Waals surface area contributed by atoms with Gasteiger partial charge in [0.15, 0.2) is 0 Å². The summed E-state index contributed by atoms with van der Waals surface area (Å²) in [4.78, 5) is 1.29. The van der Waals surface area contributed by atoms with Gasteiger partial charge in [-0.05, 0) is 11.6 Å². The summed E-state index contributed by atoms with van der Waals surface area (Å²) in [6.07, 6.45) is -4.73. The van der Waals surface area contributed by atoms with Crippen LogP contribution < -0.4 is 5.32 Å². The van der Waals surface area contributed by atoms with Gasteiger partial charge in [0.1, 0.15) is 12.6 Å². The fourth-order valence-electron chi connectivity index (χ4n) is 2.71. The highest BCUT2D eigenvalue weighted by molar-refractivity contribution is 5.85. The van der Waals surface area contributed by atoms with Crippen LogP contribution in [0.5, 0.6) is 0 Å². The molecule has 0 aliphatic carbocycles. The molecule has 1 aliphatic heterocycles. The van der Waals surface area contributed by atoms with E-state index in [1.807, 2.05) is 0 Å². The van der Waals surface area contributed by atoms with Crippen molar-refractivity contribution >= 4 is 12.4 Å². The maximum absolute atomic E-state index is 14.2. The maximum atomic E-state index is 14.2. The monoisotopic (exact) mass is 360 g/mol. The number of rotatable bonds is 4. The van der Waals surface area contributed by atoms with E-state index in [0.717, 1.165) is 18.2 Å². The molecule has 2 N–H and O–H groups in total. The first-order valence-corrected chi connectivity index (χ1v) is 6.87. The molecule has 3 nitrogen and oxygen atoms in total. The Balaban J connectivity index is 0.00000264. The number of alkyl halides is 5. The lowest BCUT2D eigenvalue weighted by Gasteiger charge is -2.39. The molecule has 1 fully saturated rings. The predicted molar refractivity (Wildman–Crippen MR) is 77.9 cm³/mol. The van der Waals surface area contributed by atoms with Gasteiger partial charge in [0.05, 0.1) is 5.56 Å². The van der Waals surface area contributed by atoms with Crippen molar-refractivity contribution in [2.45, 2.75) is 18.1 Å². The topological polar surface area (TPSA) is 35.5 Å². The van der Waals surface area contributed by atoms with Crippen molar-refractivity contribution in [1.82, 2.24) is 10.2 Å². The summed E-state index contributed by atoms with van der Waals surface area (Å²) in [6, 6.07) is 2.50. The highest BCUT2D eigenvalue weighted by Gasteiger charge is 2.47. The van der Waals surface area contributed by atoms with Crippen molar-refractivity contribution in [3.05, 3.63) is 35.4 Å².